The predicted molar refractivity (Wildman–Crippen MR) is 81.5 cm³/mol. The molecule has 6 heteroatoms. The average molecular weight is 315 g/mol. The van der Waals surface area contributed by atoms with E-state index in [1.807, 2.05) is 30.3 Å². The van der Waals surface area contributed by atoms with Gasteiger partial charge in [0.05, 0.1) is 5.69 Å². The van der Waals surface area contributed by atoms with Crippen LogP contribution in [0.25, 0.3) is 16.9 Å². The molecule has 2 aromatic carbocycles. The molecule has 0 unspecified atom stereocenters. The summed E-state index contributed by atoms with van der Waals surface area (Å²) in [4.78, 5) is 0. The number of halogens is 2. The molecule has 0 aliphatic rings. The Balaban J connectivity index is 2.25. The minimum Gasteiger partial charge on any atom is -0.211 e. The van der Waals surface area contributed by atoms with E-state index in [1.54, 1.807) is 28.9 Å². The van der Waals surface area contributed by atoms with Crippen LogP contribution in [-0.4, -0.2) is 15.0 Å². The van der Waals surface area contributed by atoms with Gasteiger partial charge in [-0.3, -0.25) is 0 Å². The van der Waals surface area contributed by atoms with Gasteiger partial charge in [0.25, 0.3) is 0 Å². The summed E-state index contributed by atoms with van der Waals surface area (Å²) in [6, 6.07) is 16.4. The molecule has 0 spiro atoms. The highest BCUT2D eigenvalue weighted by molar-refractivity contribution is 6.31. The van der Waals surface area contributed by atoms with Gasteiger partial charge in [0, 0.05) is 15.6 Å². The van der Waals surface area contributed by atoms with Gasteiger partial charge >= 0.3 is 0 Å². The second-order valence-corrected chi connectivity index (χ2v) is 5.17. The van der Waals surface area contributed by atoms with Crippen LogP contribution in [0.15, 0.2) is 48.5 Å². The van der Waals surface area contributed by atoms with Crippen LogP contribution in [0, 0.1) is 11.3 Å². The van der Waals surface area contributed by atoms with Crippen molar-refractivity contribution in [3.8, 4) is 23.0 Å². The second kappa shape index (κ2) is 5.57. The summed E-state index contributed by atoms with van der Waals surface area (Å²) in [5, 5.41) is 18.4. The smallest absolute Gasteiger partial charge is 0.191 e. The van der Waals surface area contributed by atoms with Gasteiger partial charge < -0.3 is 0 Å². The Labute approximate surface area is 131 Å². The molecule has 21 heavy (non-hydrogen) atoms. The molecular weight excluding hydrogens is 307 g/mol. The maximum atomic E-state index is 9.24. The Hall–Kier alpha value is -2.35. The van der Waals surface area contributed by atoms with Crippen molar-refractivity contribution in [3.63, 3.8) is 0 Å². The first-order valence-electron chi connectivity index (χ1n) is 6.07. The van der Waals surface area contributed by atoms with Gasteiger partial charge in [-0.1, -0.05) is 46.6 Å². The van der Waals surface area contributed by atoms with Crippen molar-refractivity contribution in [2.75, 3.05) is 0 Å². The van der Waals surface area contributed by atoms with E-state index in [-0.39, 0.29) is 5.69 Å². The molecule has 0 aliphatic carbocycles. The zero-order chi connectivity index (χ0) is 14.8. The van der Waals surface area contributed by atoms with Crippen molar-refractivity contribution in [2.24, 2.45) is 0 Å². The highest BCUT2D eigenvalue weighted by atomic mass is 35.5. The molecule has 1 heterocycles. The minimum atomic E-state index is 0.234. The minimum absolute atomic E-state index is 0.234. The molecule has 0 amide bonds. The van der Waals surface area contributed by atoms with E-state index < -0.39 is 0 Å². The van der Waals surface area contributed by atoms with Gasteiger partial charge in [-0.15, -0.1) is 5.10 Å². The van der Waals surface area contributed by atoms with Crippen LogP contribution in [-0.2, 0) is 0 Å². The number of rotatable bonds is 2. The zero-order valence-electron chi connectivity index (χ0n) is 10.7. The van der Waals surface area contributed by atoms with Gasteiger partial charge in [-0.25, -0.2) is 4.68 Å². The average Bonchev–Trinajstić information content (AvgIpc) is 2.91. The lowest BCUT2D eigenvalue weighted by Gasteiger charge is -2.07. The quantitative estimate of drug-likeness (QED) is 0.715. The summed E-state index contributed by atoms with van der Waals surface area (Å²) in [6.45, 7) is 0. The van der Waals surface area contributed by atoms with Crippen molar-refractivity contribution in [1.82, 2.24) is 15.0 Å². The topological polar surface area (TPSA) is 54.5 Å². The largest absolute Gasteiger partial charge is 0.211 e. The lowest BCUT2D eigenvalue weighted by atomic mass is 10.1. The van der Waals surface area contributed by atoms with Crippen molar-refractivity contribution in [2.45, 2.75) is 0 Å². The first kappa shape index (κ1) is 13.6. The standard InChI is InChI=1S/C15H8Cl2N4/c16-11-4-1-3-10(7-11)15-14(9-18)19-20-21(15)13-6-2-5-12(17)8-13/h1-8H. The lowest BCUT2D eigenvalue weighted by Crippen LogP contribution is -1.99. The van der Waals surface area contributed by atoms with Crippen LogP contribution in [0.2, 0.25) is 10.0 Å². The van der Waals surface area contributed by atoms with E-state index in [0.29, 0.717) is 15.7 Å². The zero-order valence-corrected chi connectivity index (χ0v) is 12.2. The Bertz CT molecular complexity index is 849. The van der Waals surface area contributed by atoms with E-state index in [4.69, 9.17) is 23.2 Å². The van der Waals surface area contributed by atoms with E-state index in [0.717, 1.165) is 11.3 Å². The summed E-state index contributed by atoms with van der Waals surface area (Å²) in [7, 11) is 0. The highest BCUT2D eigenvalue weighted by Gasteiger charge is 2.16. The fourth-order valence-corrected chi connectivity index (χ4v) is 2.42. The van der Waals surface area contributed by atoms with Gasteiger partial charge in [0.1, 0.15) is 11.8 Å². The lowest BCUT2D eigenvalue weighted by molar-refractivity contribution is 0.807. The molecule has 4 nitrogen and oxygen atoms in total. The van der Waals surface area contributed by atoms with Crippen LogP contribution < -0.4 is 0 Å². The maximum Gasteiger partial charge on any atom is 0.191 e. The van der Waals surface area contributed by atoms with Crippen molar-refractivity contribution in [3.05, 3.63) is 64.3 Å². The SMILES string of the molecule is N#Cc1nnn(-c2cccc(Cl)c2)c1-c1cccc(Cl)c1. The Morgan fingerprint density at radius 3 is 2.38 bits per heavy atom. The number of nitriles is 1. The van der Waals surface area contributed by atoms with E-state index in [9.17, 15) is 5.26 Å². The summed E-state index contributed by atoms with van der Waals surface area (Å²) in [5.41, 5.74) is 2.31. The molecule has 0 N–H and O–H groups in total. The van der Waals surface area contributed by atoms with Crippen LogP contribution in [0.5, 0.6) is 0 Å². The van der Waals surface area contributed by atoms with E-state index in [1.165, 1.54) is 0 Å². The summed E-state index contributed by atoms with van der Waals surface area (Å²) >= 11 is 12.0. The molecule has 0 aliphatic heterocycles. The normalized spacial score (nSPS) is 10.3. The molecule has 0 bridgehead atoms. The summed E-state index contributed by atoms with van der Waals surface area (Å²) in [6.07, 6.45) is 0. The van der Waals surface area contributed by atoms with Crippen LogP contribution in [0.4, 0.5) is 0 Å². The molecule has 0 fully saturated rings. The van der Waals surface area contributed by atoms with Crippen LogP contribution in [0.1, 0.15) is 5.69 Å². The molecule has 0 saturated heterocycles. The van der Waals surface area contributed by atoms with Gasteiger partial charge in [-0.2, -0.15) is 5.26 Å². The third-order valence-electron chi connectivity index (χ3n) is 2.93. The van der Waals surface area contributed by atoms with Crippen molar-refractivity contribution >= 4 is 23.2 Å². The Morgan fingerprint density at radius 1 is 1.00 bits per heavy atom. The second-order valence-electron chi connectivity index (χ2n) is 4.30. The third-order valence-corrected chi connectivity index (χ3v) is 3.40. The van der Waals surface area contributed by atoms with Crippen molar-refractivity contribution < 1.29 is 0 Å². The van der Waals surface area contributed by atoms with E-state index in [2.05, 4.69) is 10.3 Å². The van der Waals surface area contributed by atoms with Crippen LogP contribution >= 0.6 is 23.2 Å². The number of aromatic nitrogens is 3. The maximum absolute atomic E-state index is 9.24. The highest BCUT2D eigenvalue weighted by Crippen LogP contribution is 2.27. The fourth-order valence-electron chi connectivity index (χ4n) is 2.04. The van der Waals surface area contributed by atoms with Gasteiger partial charge in [0.2, 0.25) is 0 Å². The molecule has 0 saturated carbocycles. The third kappa shape index (κ3) is 2.62. The fraction of sp³-hybridized carbons (Fsp3) is 0. The molecule has 1 aromatic heterocycles. The molecule has 3 rings (SSSR count). The predicted octanol–water partition coefficient (Wildman–Crippen LogP) is 4.11. The number of nitrogens with zero attached hydrogens (tertiary/aromatic N) is 4. The number of hydrogen-bond acceptors (Lipinski definition) is 3. The van der Waals surface area contributed by atoms with Crippen LogP contribution in [0.3, 0.4) is 0 Å². The first-order valence-corrected chi connectivity index (χ1v) is 6.82. The molecular formula is C15H8Cl2N4. The van der Waals surface area contributed by atoms with Gasteiger partial charge in [0.15, 0.2) is 5.69 Å². The molecule has 3 aromatic rings. The molecule has 0 atom stereocenters. The van der Waals surface area contributed by atoms with E-state index >= 15 is 0 Å². The summed E-state index contributed by atoms with van der Waals surface area (Å²) in [5.74, 6) is 0. The first-order chi connectivity index (χ1) is 10.2. The van der Waals surface area contributed by atoms with Gasteiger partial charge in [-0.05, 0) is 30.3 Å². The monoisotopic (exact) mass is 314 g/mol. The molecule has 0 radical (unpaired) electrons. The molecule has 102 valence electrons. The summed E-state index contributed by atoms with van der Waals surface area (Å²) < 4.78 is 1.58. The number of hydrogen-bond donors (Lipinski definition) is 0. The Morgan fingerprint density at radius 2 is 1.71 bits per heavy atom. The van der Waals surface area contributed by atoms with Crippen molar-refractivity contribution in [1.29, 1.82) is 5.26 Å². The number of benzene rings is 2. The Kier molecular flexibility index (Phi) is 3.61.